The van der Waals surface area contributed by atoms with Gasteiger partial charge < -0.3 is 28.6 Å². The summed E-state index contributed by atoms with van der Waals surface area (Å²) in [6.07, 6.45) is 2.75. The molecule has 2 fully saturated rings. The second-order valence-electron chi connectivity index (χ2n) is 17.3. The van der Waals surface area contributed by atoms with Crippen molar-refractivity contribution in [2.45, 2.75) is 96.7 Å². The highest BCUT2D eigenvalue weighted by Crippen LogP contribution is 2.38. The molecule has 302 valence electrons. The topological polar surface area (TPSA) is 107 Å². The van der Waals surface area contributed by atoms with E-state index < -0.39 is 14.4 Å². The number of hydrogen-bond acceptors (Lipinski definition) is 10. The number of anilines is 2. The van der Waals surface area contributed by atoms with Crippen LogP contribution in [-0.2, 0) is 28.7 Å². The number of piperazine rings is 1. The zero-order valence-corrected chi connectivity index (χ0v) is 35.7. The highest BCUT2D eigenvalue weighted by atomic mass is 28.4. The Bertz CT molecular complexity index is 2060. The Labute approximate surface area is 339 Å². The van der Waals surface area contributed by atoms with Gasteiger partial charge in [0.05, 0.1) is 30.8 Å². The Balaban J connectivity index is 1.12. The first-order valence-corrected chi connectivity index (χ1v) is 23.6. The summed E-state index contributed by atoms with van der Waals surface area (Å²) in [5.74, 6) is 0.843. The largest absolute Gasteiger partial charge is 0.462 e. The van der Waals surface area contributed by atoms with Gasteiger partial charge in [-0.25, -0.2) is 4.79 Å². The van der Waals surface area contributed by atoms with E-state index in [-0.39, 0.29) is 30.1 Å². The molecule has 0 spiro atoms. The van der Waals surface area contributed by atoms with Crippen molar-refractivity contribution >= 4 is 36.7 Å². The Kier molecular flexibility index (Phi) is 12.4. The number of fused-ring (bicyclic) bond motifs is 2. The standard InChI is InChI=1S/C45H59N7O4Si/c1-33-13-10-16-35-17-11-19-40(41(33)35)50-24-21-38-39(30-50)47-43(54-32-37-18-12-23-49(37)27-28-56-57(5,6)45(2,3)4)48-42(38)51-25-26-52(36(29-51)20-22-46)44(53)55-31-34-14-8-7-9-15-34/h7-11,13-17,19,36-37H,12,18,20-21,23-32H2,1-6H3/t36-,37-/m0/s1. The molecule has 2 saturated heterocycles. The smallest absolute Gasteiger partial charge is 0.410 e. The number of carbonyl (C=O) groups excluding carboxylic acids is 1. The van der Waals surface area contributed by atoms with Crippen molar-refractivity contribution in [1.29, 1.82) is 5.26 Å². The van der Waals surface area contributed by atoms with Crippen molar-refractivity contribution in [3.05, 3.63) is 89.1 Å². The molecule has 0 radical (unpaired) electrons. The van der Waals surface area contributed by atoms with E-state index in [0.29, 0.717) is 38.8 Å². The number of benzene rings is 3. The first-order valence-electron chi connectivity index (χ1n) is 20.6. The van der Waals surface area contributed by atoms with Crippen molar-refractivity contribution in [2.75, 3.05) is 62.3 Å². The quantitative estimate of drug-likeness (QED) is 0.131. The first-order chi connectivity index (χ1) is 27.4. The Hall–Kier alpha value is -4.70. The predicted octanol–water partition coefficient (Wildman–Crippen LogP) is 8.11. The molecule has 4 heterocycles. The van der Waals surface area contributed by atoms with Gasteiger partial charge in [-0.1, -0.05) is 81.4 Å². The molecule has 1 amide bonds. The van der Waals surface area contributed by atoms with E-state index in [2.05, 4.69) is 98.0 Å². The number of aromatic nitrogens is 2. The number of likely N-dealkylation sites (tertiary alicyclic amines) is 1. The normalized spacial score (nSPS) is 19.1. The zero-order chi connectivity index (χ0) is 40.2. The van der Waals surface area contributed by atoms with Gasteiger partial charge in [0.25, 0.3) is 0 Å². The van der Waals surface area contributed by atoms with Gasteiger partial charge >= 0.3 is 12.1 Å². The van der Waals surface area contributed by atoms with E-state index in [9.17, 15) is 10.1 Å². The molecular formula is C45H59N7O4Si. The van der Waals surface area contributed by atoms with E-state index in [1.54, 1.807) is 4.90 Å². The van der Waals surface area contributed by atoms with Crippen molar-refractivity contribution in [3.8, 4) is 12.1 Å². The Morgan fingerprint density at radius 1 is 0.947 bits per heavy atom. The van der Waals surface area contributed by atoms with Gasteiger partial charge in [-0.3, -0.25) is 4.90 Å². The average Bonchev–Trinajstić information content (AvgIpc) is 3.65. The van der Waals surface area contributed by atoms with E-state index in [1.807, 2.05) is 30.3 Å². The summed E-state index contributed by atoms with van der Waals surface area (Å²) in [6.45, 7) is 19.9. The molecule has 11 nitrogen and oxygen atoms in total. The Morgan fingerprint density at radius 3 is 2.51 bits per heavy atom. The number of amides is 1. The molecule has 0 aliphatic carbocycles. The zero-order valence-electron chi connectivity index (χ0n) is 34.7. The highest BCUT2D eigenvalue weighted by molar-refractivity contribution is 6.74. The third-order valence-electron chi connectivity index (χ3n) is 12.6. The van der Waals surface area contributed by atoms with Gasteiger partial charge in [0, 0.05) is 62.0 Å². The van der Waals surface area contributed by atoms with E-state index >= 15 is 0 Å². The molecule has 0 N–H and O–H groups in total. The highest BCUT2D eigenvalue weighted by Gasteiger charge is 2.38. The summed E-state index contributed by atoms with van der Waals surface area (Å²) in [4.78, 5) is 32.5. The lowest BCUT2D eigenvalue weighted by Crippen LogP contribution is -2.55. The minimum absolute atomic E-state index is 0.178. The van der Waals surface area contributed by atoms with Crippen LogP contribution in [0, 0.1) is 18.3 Å². The number of ether oxygens (including phenoxy) is 2. The molecule has 2 atom stereocenters. The van der Waals surface area contributed by atoms with Crippen molar-refractivity contribution in [2.24, 2.45) is 0 Å². The van der Waals surface area contributed by atoms with E-state index in [4.69, 9.17) is 23.9 Å². The summed E-state index contributed by atoms with van der Waals surface area (Å²) in [6, 6.07) is 25.3. The predicted molar refractivity (Wildman–Crippen MR) is 228 cm³/mol. The minimum atomic E-state index is -1.83. The molecule has 3 aromatic carbocycles. The van der Waals surface area contributed by atoms with Crippen LogP contribution < -0.4 is 14.5 Å². The molecule has 7 rings (SSSR count). The maximum Gasteiger partial charge on any atom is 0.410 e. The fourth-order valence-electron chi connectivity index (χ4n) is 8.24. The van der Waals surface area contributed by atoms with Gasteiger partial charge in [0.1, 0.15) is 19.0 Å². The monoisotopic (exact) mass is 789 g/mol. The second-order valence-corrected chi connectivity index (χ2v) is 22.1. The summed E-state index contributed by atoms with van der Waals surface area (Å²) in [5.41, 5.74) is 5.45. The van der Waals surface area contributed by atoms with Crippen LogP contribution in [0.5, 0.6) is 6.01 Å². The van der Waals surface area contributed by atoms with Crippen LogP contribution in [0.1, 0.15) is 62.4 Å². The minimum Gasteiger partial charge on any atom is -0.462 e. The summed E-state index contributed by atoms with van der Waals surface area (Å²) < 4.78 is 18.9. The second kappa shape index (κ2) is 17.4. The van der Waals surface area contributed by atoms with Crippen LogP contribution in [0.3, 0.4) is 0 Å². The maximum absolute atomic E-state index is 13.4. The lowest BCUT2D eigenvalue weighted by Gasteiger charge is -2.42. The Morgan fingerprint density at radius 2 is 1.74 bits per heavy atom. The van der Waals surface area contributed by atoms with Gasteiger partial charge in [0.15, 0.2) is 8.32 Å². The molecule has 1 aromatic heterocycles. The SMILES string of the molecule is Cc1cccc2cccc(N3CCc4c(nc(OC[C@@H]5CCCN5CCO[Si](C)(C)C(C)(C)C)nc4N4CCN(C(=O)OCc5ccccc5)[C@@H](CC#N)C4)C3)c12. The molecule has 0 bridgehead atoms. The van der Waals surface area contributed by atoms with Gasteiger partial charge in [-0.2, -0.15) is 15.2 Å². The number of hydrogen-bond donors (Lipinski definition) is 0. The van der Waals surface area contributed by atoms with Crippen molar-refractivity contribution in [3.63, 3.8) is 0 Å². The molecule has 3 aliphatic heterocycles. The molecule has 4 aromatic rings. The van der Waals surface area contributed by atoms with Crippen LogP contribution in [-0.4, -0.2) is 98.7 Å². The summed E-state index contributed by atoms with van der Waals surface area (Å²) >= 11 is 0. The molecule has 0 saturated carbocycles. The number of aryl methyl sites for hydroxylation is 1. The van der Waals surface area contributed by atoms with Crippen LogP contribution in [0.2, 0.25) is 18.1 Å². The lowest BCUT2D eigenvalue weighted by atomic mass is 9.99. The molecule has 0 unspecified atom stereocenters. The third kappa shape index (κ3) is 9.22. The number of rotatable bonds is 12. The van der Waals surface area contributed by atoms with Crippen molar-refractivity contribution < 1.29 is 18.7 Å². The number of nitriles is 1. The van der Waals surface area contributed by atoms with Gasteiger partial charge in [-0.15, -0.1) is 0 Å². The molecular weight excluding hydrogens is 731 g/mol. The molecule has 3 aliphatic rings. The summed E-state index contributed by atoms with van der Waals surface area (Å²) in [5, 5.41) is 12.5. The molecule has 57 heavy (non-hydrogen) atoms. The average molecular weight is 790 g/mol. The van der Waals surface area contributed by atoms with Crippen LogP contribution >= 0.6 is 0 Å². The van der Waals surface area contributed by atoms with Crippen LogP contribution in [0.4, 0.5) is 16.3 Å². The van der Waals surface area contributed by atoms with E-state index in [0.717, 1.165) is 68.1 Å². The van der Waals surface area contributed by atoms with Gasteiger partial charge in [-0.05, 0) is 73.4 Å². The lowest BCUT2D eigenvalue weighted by molar-refractivity contribution is 0.0767. The number of nitrogens with zero attached hydrogens (tertiary/aromatic N) is 7. The van der Waals surface area contributed by atoms with Crippen molar-refractivity contribution in [1.82, 2.24) is 19.8 Å². The van der Waals surface area contributed by atoms with Crippen LogP contribution in [0.15, 0.2) is 66.7 Å². The fraction of sp³-hybridized carbons (Fsp3) is 0.511. The first kappa shape index (κ1) is 40.5. The van der Waals surface area contributed by atoms with Gasteiger partial charge in [0.2, 0.25) is 0 Å². The summed E-state index contributed by atoms with van der Waals surface area (Å²) in [7, 11) is -1.83. The maximum atomic E-state index is 13.4. The number of carbonyl (C=O) groups is 1. The fourth-order valence-corrected chi connectivity index (χ4v) is 9.28. The van der Waals surface area contributed by atoms with Crippen LogP contribution in [0.25, 0.3) is 10.8 Å². The third-order valence-corrected chi connectivity index (χ3v) is 17.1. The van der Waals surface area contributed by atoms with E-state index in [1.165, 1.54) is 22.0 Å². The molecule has 12 heteroatoms.